The molecule has 0 aromatic heterocycles. The molecular weight excluding hydrogens is 208 g/mol. The fraction of sp³-hybridized carbons (Fsp3) is 1.00. The van der Waals surface area contributed by atoms with E-state index in [0.717, 1.165) is 12.8 Å². The van der Waals surface area contributed by atoms with E-state index in [1.807, 2.05) is 20.8 Å². The molecule has 2 nitrogen and oxygen atoms in total. The molecule has 1 saturated carbocycles. The topological polar surface area (TPSA) is 34.1 Å². The van der Waals surface area contributed by atoms with Gasteiger partial charge in [0, 0.05) is 0 Å². The van der Waals surface area contributed by atoms with E-state index in [0.29, 0.717) is 17.4 Å². The Morgan fingerprint density at radius 3 is 2.07 bits per heavy atom. The molecule has 0 heterocycles. The van der Waals surface area contributed by atoms with E-state index in [2.05, 4.69) is 0 Å². The maximum absolute atomic E-state index is 11.9. The van der Waals surface area contributed by atoms with E-state index in [1.54, 1.807) is 0 Å². The normalized spacial score (nSPS) is 20.5. The maximum atomic E-state index is 11.9. The second-order valence-electron chi connectivity index (χ2n) is 6.12. The van der Waals surface area contributed by atoms with Gasteiger partial charge in [0.2, 0.25) is 0 Å². The molecule has 15 heavy (non-hydrogen) atoms. The summed E-state index contributed by atoms with van der Waals surface area (Å²) < 4.78 is 23.8. The predicted octanol–water partition coefficient (Wildman–Crippen LogP) is 3.03. The van der Waals surface area contributed by atoms with Crippen molar-refractivity contribution in [3.63, 3.8) is 0 Å². The molecule has 1 rings (SSSR count). The third-order valence-corrected chi connectivity index (χ3v) is 5.15. The van der Waals surface area contributed by atoms with Crippen LogP contribution in [0.25, 0.3) is 0 Å². The lowest BCUT2D eigenvalue weighted by molar-refractivity contribution is 0.382. The summed E-state index contributed by atoms with van der Waals surface area (Å²) in [5, 5.41) is 0. The van der Waals surface area contributed by atoms with Gasteiger partial charge in [0.1, 0.15) is 0 Å². The van der Waals surface area contributed by atoms with E-state index in [4.69, 9.17) is 0 Å². The smallest absolute Gasteiger partial charge is 0.151 e. The van der Waals surface area contributed by atoms with Gasteiger partial charge in [0.25, 0.3) is 0 Å². The first-order valence-electron chi connectivity index (χ1n) is 5.99. The summed E-state index contributed by atoms with van der Waals surface area (Å²) in [5.74, 6) is 1.19. The Kier molecular flexibility index (Phi) is 4.21. The van der Waals surface area contributed by atoms with Gasteiger partial charge in [-0.25, -0.2) is 8.42 Å². The molecule has 0 unspecified atom stereocenters. The highest BCUT2D eigenvalue weighted by Crippen LogP contribution is 2.26. The first-order valence-corrected chi connectivity index (χ1v) is 7.81. The molecule has 0 amide bonds. The molecule has 3 heteroatoms. The first kappa shape index (κ1) is 13.0. The highest BCUT2D eigenvalue weighted by molar-refractivity contribution is 7.91. The van der Waals surface area contributed by atoms with Crippen molar-refractivity contribution in [2.75, 3.05) is 11.5 Å². The molecule has 0 bridgehead atoms. The highest BCUT2D eigenvalue weighted by Gasteiger charge is 2.25. The lowest BCUT2D eigenvalue weighted by atomic mass is 9.91. The average molecular weight is 232 g/mol. The second-order valence-corrected chi connectivity index (χ2v) is 8.23. The first-order chi connectivity index (χ1) is 6.79. The van der Waals surface area contributed by atoms with Crippen LogP contribution in [0.5, 0.6) is 0 Å². The summed E-state index contributed by atoms with van der Waals surface area (Å²) >= 11 is 0. The van der Waals surface area contributed by atoms with Crippen LogP contribution in [-0.4, -0.2) is 19.9 Å². The largest absolute Gasteiger partial charge is 0.229 e. The summed E-state index contributed by atoms with van der Waals surface area (Å²) in [6, 6.07) is 0. The van der Waals surface area contributed by atoms with Crippen molar-refractivity contribution in [3.8, 4) is 0 Å². The molecule has 0 atom stereocenters. The molecular formula is C12H24O2S. The van der Waals surface area contributed by atoms with Gasteiger partial charge in [-0.2, -0.15) is 0 Å². The molecule has 0 saturated heterocycles. The van der Waals surface area contributed by atoms with Crippen molar-refractivity contribution >= 4 is 9.84 Å². The highest BCUT2D eigenvalue weighted by atomic mass is 32.2. The van der Waals surface area contributed by atoms with Crippen LogP contribution in [0.4, 0.5) is 0 Å². The van der Waals surface area contributed by atoms with Crippen LogP contribution in [0.1, 0.15) is 52.9 Å². The zero-order valence-corrected chi connectivity index (χ0v) is 11.1. The van der Waals surface area contributed by atoms with E-state index in [9.17, 15) is 8.42 Å². The maximum Gasteiger partial charge on any atom is 0.151 e. The monoisotopic (exact) mass is 232 g/mol. The van der Waals surface area contributed by atoms with Crippen molar-refractivity contribution in [3.05, 3.63) is 0 Å². The van der Waals surface area contributed by atoms with Gasteiger partial charge < -0.3 is 0 Å². The number of hydrogen-bond donors (Lipinski definition) is 0. The number of hydrogen-bond acceptors (Lipinski definition) is 2. The van der Waals surface area contributed by atoms with Gasteiger partial charge in [-0.05, 0) is 24.2 Å². The summed E-state index contributed by atoms with van der Waals surface area (Å²) in [7, 11) is -2.84. The Labute approximate surface area is 94.4 Å². The van der Waals surface area contributed by atoms with Gasteiger partial charge in [-0.3, -0.25) is 0 Å². The minimum atomic E-state index is -2.84. The van der Waals surface area contributed by atoms with Crippen LogP contribution >= 0.6 is 0 Å². The quantitative estimate of drug-likeness (QED) is 0.749. The fourth-order valence-electron chi connectivity index (χ4n) is 2.43. The molecule has 1 aliphatic carbocycles. The van der Waals surface area contributed by atoms with Crippen LogP contribution in [-0.2, 0) is 9.84 Å². The summed E-state index contributed by atoms with van der Waals surface area (Å²) in [4.78, 5) is 0. The zero-order valence-electron chi connectivity index (χ0n) is 10.3. The van der Waals surface area contributed by atoms with E-state index in [1.165, 1.54) is 19.3 Å². The minimum absolute atomic E-state index is 0.104. The van der Waals surface area contributed by atoms with Crippen LogP contribution in [0.2, 0.25) is 0 Å². The van der Waals surface area contributed by atoms with Crippen LogP contribution in [0, 0.1) is 11.3 Å². The SMILES string of the molecule is CC(C)(C)CS(=O)(=O)CC1CCCCC1. The standard InChI is InChI=1S/C12H24O2S/c1-12(2,3)10-15(13,14)9-11-7-5-4-6-8-11/h11H,4-10H2,1-3H3. The lowest BCUT2D eigenvalue weighted by Gasteiger charge is -2.24. The van der Waals surface area contributed by atoms with Crippen LogP contribution in [0.15, 0.2) is 0 Å². The second kappa shape index (κ2) is 4.86. The Morgan fingerprint density at radius 2 is 1.60 bits per heavy atom. The predicted molar refractivity (Wildman–Crippen MR) is 64.7 cm³/mol. The van der Waals surface area contributed by atoms with Gasteiger partial charge >= 0.3 is 0 Å². The molecule has 0 aliphatic heterocycles. The van der Waals surface area contributed by atoms with Crippen molar-refractivity contribution < 1.29 is 8.42 Å². The number of sulfone groups is 1. The number of rotatable bonds is 3. The third kappa shape index (κ3) is 5.55. The lowest BCUT2D eigenvalue weighted by Crippen LogP contribution is -2.27. The van der Waals surface area contributed by atoms with Gasteiger partial charge in [-0.15, -0.1) is 0 Å². The Bertz CT molecular complexity index is 279. The molecule has 90 valence electrons. The zero-order chi connectivity index (χ0) is 11.5. The van der Waals surface area contributed by atoms with E-state index in [-0.39, 0.29) is 5.41 Å². The molecule has 0 aromatic rings. The Morgan fingerprint density at radius 1 is 1.07 bits per heavy atom. The van der Waals surface area contributed by atoms with Crippen molar-refractivity contribution in [1.82, 2.24) is 0 Å². The summed E-state index contributed by atoms with van der Waals surface area (Å²) in [5.41, 5.74) is -0.104. The molecule has 0 N–H and O–H groups in total. The summed E-state index contributed by atoms with van der Waals surface area (Å²) in [6.45, 7) is 5.97. The third-order valence-electron chi connectivity index (χ3n) is 2.87. The van der Waals surface area contributed by atoms with Gasteiger partial charge in [-0.1, -0.05) is 40.0 Å². The summed E-state index contributed by atoms with van der Waals surface area (Å²) in [6.07, 6.45) is 5.95. The van der Waals surface area contributed by atoms with Crippen molar-refractivity contribution in [2.24, 2.45) is 11.3 Å². The molecule has 1 aliphatic rings. The van der Waals surface area contributed by atoms with Crippen LogP contribution in [0.3, 0.4) is 0 Å². The minimum Gasteiger partial charge on any atom is -0.229 e. The molecule has 1 fully saturated rings. The average Bonchev–Trinajstić information content (AvgIpc) is 1.99. The van der Waals surface area contributed by atoms with Crippen molar-refractivity contribution in [2.45, 2.75) is 52.9 Å². The van der Waals surface area contributed by atoms with Gasteiger partial charge in [0.15, 0.2) is 9.84 Å². The molecule has 0 radical (unpaired) electrons. The Hall–Kier alpha value is -0.0500. The van der Waals surface area contributed by atoms with Gasteiger partial charge in [0.05, 0.1) is 11.5 Å². The molecule has 0 aromatic carbocycles. The molecule has 0 spiro atoms. The van der Waals surface area contributed by atoms with E-state index < -0.39 is 9.84 Å². The van der Waals surface area contributed by atoms with Crippen molar-refractivity contribution in [1.29, 1.82) is 0 Å². The van der Waals surface area contributed by atoms with E-state index >= 15 is 0 Å². The van der Waals surface area contributed by atoms with Crippen LogP contribution < -0.4 is 0 Å². The fourth-order valence-corrected chi connectivity index (χ4v) is 4.92. The Balaban J connectivity index is 2.48.